The van der Waals surface area contributed by atoms with E-state index in [0.717, 1.165) is 23.4 Å². The Labute approximate surface area is 179 Å². The summed E-state index contributed by atoms with van der Waals surface area (Å²) < 4.78 is 5.29. The monoisotopic (exact) mass is 424 g/mol. The van der Waals surface area contributed by atoms with Crippen LogP contribution in [0.1, 0.15) is 31.6 Å². The SMILES string of the molecule is O=C(Nc1ccccc1)C1CCCN(C(=O)CCCc2nc(-c3cccs3)no2)C1. The van der Waals surface area contributed by atoms with Gasteiger partial charge in [-0.3, -0.25) is 9.59 Å². The number of nitrogens with one attached hydrogen (secondary N) is 1. The number of hydrogen-bond donors (Lipinski definition) is 1. The highest BCUT2D eigenvalue weighted by Crippen LogP contribution is 2.22. The maximum absolute atomic E-state index is 12.6. The first kappa shape index (κ1) is 20.3. The molecule has 8 heteroatoms. The minimum absolute atomic E-state index is 0.0225. The third-order valence-electron chi connectivity index (χ3n) is 5.18. The molecule has 1 N–H and O–H groups in total. The molecule has 0 bridgehead atoms. The molecule has 0 saturated carbocycles. The van der Waals surface area contributed by atoms with Crippen LogP contribution in [0.2, 0.25) is 0 Å². The molecule has 0 spiro atoms. The van der Waals surface area contributed by atoms with E-state index >= 15 is 0 Å². The van der Waals surface area contributed by atoms with E-state index in [4.69, 9.17) is 4.52 Å². The van der Waals surface area contributed by atoms with E-state index < -0.39 is 0 Å². The van der Waals surface area contributed by atoms with E-state index in [9.17, 15) is 9.59 Å². The molecule has 1 saturated heterocycles. The zero-order valence-corrected chi connectivity index (χ0v) is 17.4. The van der Waals surface area contributed by atoms with Gasteiger partial charge in [-0.2, -0.15) is 4.98 Å². The van der Waals surface area contributed by atoms with E-state index in [1.54, 1.807) is 11.3 Å². The Morgan fingerprint density at radius 2 is 2.07 bits per heavy atom. The predicted molar refractivity (Wildman–Crippen MR) is 115 cm³/mol. The van der Waals surface area contributed by atoms with Crippen molar-refractivity contribution in [1.82, 2.24) is 15.0 Å². The Morgan fingerprint density at radius 1 is 1.20 bits per heavy atom. The second kappa shape index (κ2) is 9.67. The van der Waals surface area contributed by atoms with E-state index in [2.05, 4.69) is 15.5 Å². The number of aromatic nitrogens is 2. The fourth-order valence-corrected chi connectivity index (χ4v) is 4.24. The summed E-state index contributed by atoms with van der Waals surface area (Å²) in [6, 6.07) is 13.3. The number of aryl methyl sites for hydroxylation is 1. The third kappa shape index (κ3) is 5.13. The topological polar surface area (TPSA) is 88.3 Å². The number of para-hydroxylation sites is 1. The number of anilines is 1. The number of rotatable bonds is 7. The lowest BCUT2D eigenvalue weighted by atomic mass is 9.96. The van der Waals surface area contributed by atoms with Gasteiger partial charge in [-0.1, -0.05) is 29.4 Å². The number of amides is 2. The lowest BCUT2D eigenvalue weighted by Gasteiger charge is -2.32. The summed E-state index contributed by atoms with van der Waals surface area (Å²) in [5.74, 6) is 1.02. The summed E-state index contributed by atoms with van der Waals surface area (Å²) in [6.45, 7) is 1.18. The molecule has 2 amide bonds. The van der Waals surface area contributed by atoms with Crippen LogP contribution in [0.25, 0.3) is 10.7 Å². The summed E-state index contributed by atoms with van der Waals surface area (Å²) in [4.78, 5) is 32.4. The van der Waals surface area contributed by atoms with Gasteiger partial charge in [0.1, 0.15) is 0 Å². The van der Waals surface area contributed by atoms with Gasteiger partial charge in [-0.25, -0.2) is 0 Å². The maximum Gasteiger partial charge on any atom is 0.229 e. The first-order valence-corrected chi connectivity index (χ1v) is 11.1. The van der Waals surface area contributed by atoms with Gasteiger partial charge < -0.3 is 14.7 Å². The summed E-state index contributed by atoms with van der Waals surface area (Å²) >= 11 is 1.56. The van der Waals surface area contributed by atoms with Crippen LogP contribution in [-0.2, 0) is 16.0 Å². The summed E-state index contributed by atoms with van der Waals surface area (Å²) in [6.07, 6.45) is 3.25. The van der Waals surface area contributed by atoms with E-state index in [-0.39, 0.29) is 17.7 Å². The van der Waals surface area contributed by atoms with Gasteiger partial charge >= 0.3 is 0 Å². The first-order valence-electron chi connectivity index (χ1n) is 10.2. The highest BCUT2D eigenvalue weighted by molar-refractivity contribution is 7.13. The zero-order chi connectivity index (χ0) is 20.8. The molecule has 1 atom stereocenters. The first-order chi connectivity index (χ1) is 14.7. The number of hydrogen-bond acceptors (Lipinski definition) is 6. The van der Waals surface area contributed by atoms with Gasteiger partial charge in [0.15, 0.2) is 0 Å². The zero-order valence-electron chi connectivity index (χ0n) is 16.6. The van der Waals surface area contributed by atoms with Crippen LogP contribution in [0.3, 0.4) is 0 Å². The molecule has 4 rings (SSSR count). The number of thiophene rings is 1. The normalized spacial score (nSPS) is 16.4. The third-order valence-corrected chi connectivity index (χ3v) is 6.04. The number of piperidine rings is 1. The number of benzene rings is 1. The van der Waals surface area contributed by atoms with Gasteiger partial charge in [0.2, 0.25) is 23.5 Å². The average molecular weight is 425 g/mol. The Morgan fingerprint density at radius 3 is 2.87 bits per heavy atom. The summed E-state index contributed by atoms with van der Waals surface area (Å²) in [5, 5.41) is 8.91. The molecular formula is C22H24N4O3S. The number of carbonyl (C=O) groups excluding carboxylic acids is 2. The number of likely N-dealkylation sites (tertiary alicyclic amines) is 1. The molecule has 1 aromatic carbocycles. The van der Waals surface area contributed by atoms with Gasteiger partial charge in [0, 0.05) is 31.6 Å². The smallest absolute Gasteiger partial charge is 0.229 e. The predicted octanol–water partition coefficient (Wildman–Crippen LogP) is 4.00. The molecule has 1 unspecified atom stereocenters. The molecular weight excluding hydrogens is 400 g/mol. The van der Waals surface area contributed by atoms with Gasteiger partial charge in [-0.15, -0.1) is 11.3 Å². The van der Waals surface area contributed by atoms with Crippen molar-refractivity contribution >= 4 is 28.8 Å². The maximum atomic E-state index is 12.6. The highest BCUT2D eigenvalue weighted by Gasteiger charge is 2.28. The number of nitrogens with zero attached hydrogens (tertiary/aromatic N) is 3. The molecule has 0 aliphatic carbocycles. The minimum Gasteiger partial charge on any atom is -0.342 e. The molecule has 1 fully saturated rings. The van der Waals surface area contributed by atoms with Crippen molar-refractivity contribution in [2.75, 3.05) is 18.4 Å². The van der Waals surface area contributed by atoms with Crippen molar-refractivity contribution in [3.8, 4) is 10.7 Å². The van der Waals surface area contributed by atoms with Crippen LogP contribution in [-0.4, -0.2) is 39.9 Å². The molecule has 0 radical (unpaired) electrons. The quantitative estimate of drug-likeness (QED) is 0.619. The average Bonchev–Trinajstić information content (AvgIpc) is 3.46. The molecule has 1 aliphatic heterocycles. The number of carbonyl (C=O) groups is 2. The summed E-state index contributed by atoms with van der Waals surface area (Å²) in [5.41, 5.74) is 0.785. The van der Waals surface area contributed by atoms with E-state index in [0.29, 0.717) is 44.1 Å². The standard InChI is InChI=1S/C22H24N4O3S/c27-20(12-4-11-19-24-21(25-29-19)18-10-6-14-30-18)26-13-5-7-16(15-26)22(28)23-17-8-2-1-3-9-17/h1-3,6,8-10,14,16H,4-5,7,11-13,15H2,(H,23,28). The highest BCUT2D eigenvalue weighted by atomic mass is 32.1. The van der Waals surface area contributed by atoms with E-state index in [1.165, 1.54) is 0 Å². The molecule has 3 aromatic rings. The second-order valence-electron chi connectivity index (χ2n) is 7.38. The Hall–Kier alpha value is -3.00. The van der Waals surface area contributed by atoms with Crippen LogP contribution in [0.4, 0.5) is 5.69 Å². The molecule has 3 heterocycles. The van der Waals surface area contributed by atoms with Crippen molar-refractivity contribution in [2.45, 2.75) is 32.1 Å². The van der Waals surface area contributed by atoms with Crippen LogP contribution < -0.4 is 5.32 Å². The Balaban J connectivity index is 1.24. The lowest BCUT2D eigenvalue weighted by molar-refractivity contribution is -0.134. The minimum atomic E-state index is -0.174. The van der Waals surface area contributed by atoms with Crippen molar-refractivity contribution in [2.24, 2.45) is 5.92 Å². The van der Waals surface area contributed by atoms with Gasteiger partial charge in [-0.05, 0) is 42.8 Å². The Kier molecular flexibility index (Phi) is 6.53. The van der Waals surface area contributed by atoms with Crippen molar-refractivity contribution in [1.29, 1.82) is 0 Å². The van der Waals surface area contributed by atoms with Gasteiger partial charge in [0.05, 0.1) is 10.8 Å². The lowest BCUT2D eigenvalue weighted by Crippen LogP contribution is -2.43. The van der Waals surface area contributed by atoms with Crippen molar-refractivity contribution in [3.63, 3.8) is 0 Å². The van der Waals surface area contributed by atoms with Crippen molar-refractivity contribution < 1.29 is 14.1 Å². The van der Waals surface area contributed by atoms with Crippen LogP contribution in [0, 0.1) is 5.92 Å². The van der Waals surface area contributed by atoms with E-state index in [1.807, 2.05) is 52.7 Å². The van der Waals surface area contributed by atoms with Gasteiger partial charge in [0.25, 0.3) is 0 Å². The summed E-state index contributed by atoms with van der Waals surface area (Å²) in [7, 11) is 0. The molecule has 156 valence electrons. The Bertz CT molecular complexity index is 971. The van der Waals surface area contributed by atoms with Crippen LogP contribution in [0.15, 0.2) is 52.4 Å². The van der Waals surface area contributed by atoms with Crippen molar-refractivity contribution in [3.05, 3.63) is 53.7 Å². The fraction of sp³-hybridized carbons (Fsp3) is 0.364. The molecule has 7 nitrogen and oxygen atoms in total. The second-order valence-corrected chi connectivity index (χ2v) is 8.32. The van der Waals surface area contributed by atoms with Crippen LogP contribution in [0.5, 0.6) is 0 Å². The molecule has 1 aliphatic rings. The largest absolute Gasteiger partial charge is 0.342 e. The van der Waals surface area contributed by atoms with Crippen LogP contribution >= 0.6 is 11.3 Å². The fourth-order valence-electron chi connectivity index (χ4n) is 3.59. The molecule has 30 heavy (non-hydrogen) atoms. The molecule has 2 aromatic heterocycles.